The summed E-state index contributed by atoms with van der Waals surface area (Å²) in [7, 11) is 0. The average Bonchev–Trinajstić information content (AvgIpc) is 3.71. The fourth-order valence-electron chi connectivity index (χ4n) is 7.83. The van der Waals surface area contributed by atoms with Crippen LogP contribution < -0.4 is 0 Å². The smallest absolute Gasteiger partial charge is 0.0641 e. The lowest BCUT2D eigenvalue weighted by atomic mass is 9.98. The molecule has 10 rings (SSSR count). The molecule has 0 N–H and O–H groups in total. The molecule has 0 fully saturated rings. The molecule has 0 aliphatic carbocycles. The zero-order chi connectivity index (χ0) is 33.0. The van der Waals surface area contributed by atoms with Crippen molar-refractivity contribution in [1.82, 2.24) is 9.13 Å². The molecule has 0 aliphatic heterocycles. The second-order valence-electron chi connectivity index (χ2n) is 13.0. The van der Waals surface area contributed by atoms with Crippen molar-refractivity contribution >= 4 is 43.6 Å². The maximum absolute atomic E-state index is 2.48. The molecule has 0 unspecified atom stereocenters. The van der Waals surface area contributed by atoms with Crippen molar-refractivity contribution in [3.05, 3.63) is 194 Å². The monoisotopic (exact) mass is 636 g/mol. The minimum atomic E-state index is 1.14. The summed E-state index contributed by atoms with van der Waals surface area (Å²) < 4.78 is 4.94. The van der Waals surface area contributed by atoms with Gasteiger partial charge in [0.1, 0.15) is 0 Å². The van der Waals surface area contributed by atoms with Crippen molar-refractivity contribution in [3.8, 4) is 44.8 Å². The Bertz CT molecular complexity index is 2770. The summed E-state index contributed by atoms with van der Waals surface area (Å²) in [5, 5.41) is 5.00. The summed E-state index contributed by atoms with van der Waals surface area (Å²) in [4.78, 5) is 0. The summed E-state index contributed by atoms with van der Waals surface area (Å²) in [5.41, 5.74) is 14.3. The number of nitrogens with zero attached hydrogens (tertiary/aromatic N) is 2. The number of aromatic nitrogens is 2. The van der Waals surface area contributed by atoms with Crippen LogP contribution in [0.2, 0.25) is 0 Å². The maximum atomic E-state index is 2.48. The van der Waals surface area contributed by atoms with Gasteiger partial charge >= 0.3 is 0 Å². The van der Waals surface area contributed by atoms with Gasteiger partial charge < -0.3 is 9.13 Å². The van der Waals surface area contributed by atoms with Gasteiger partial charge in [0.2, 0.25) is 0 Å². The molecule has 8 aromatic carbocycles. The van der Waals surface area contributed by atoms with Crippen LogP contribution in [-0.4, -0.2) is 9.13 Å². The van der Waals surface area contributed by atoms with Crippen LogP contribution in [0.25, 0.3) is 88.4 Å². The van der Waals surface area contributed by atoms with Gasteiger partial charge in [0.05, 0.1) is 22.1 Å². The van der Waals surface area contributed by atoms with E-state index < -0.39 is 0 Å². The molecule has 0 atom stereocenters. The molecule has 0 radical (unpaired) electrons. The molecule has 0 spiro atoms. The van der Waals surface area contributed by atoms with Crippen molar-refractivity contribution in [3.63, 3.8) is 0 Å². The van der Waals surface area contributed by atoms with E-state index in [1.165, 1.54) is 77.0 Å². The van der Waals surface area contributed by atoms with Crippen LogP contribution in [-0.2, 0) is 0 Å². The number of hydrogen-bond acceptors (Lipinski definition) is 0. The van der Waals surface area contributed by atoms with Crippen LogP contribution >= 0.6 is 0 Å². The number of benzene rings is 8. The maximum Gasteiger partial charge on any atom is 0.0641 e. The summed E-state index contributed by atoms with van der Waals surface area (Å²) in [6.07, 6.45) is 0. The number of fused-ring (bicyclic) bond motifs is 7. The van der Waals surface area contributed by atoms with Crippen LogP contribution in [0.1, 0.15) is 0 Å². The van der Waals surface area contributed by atoms with Gasteiger partial charge in [-0.05, 0) is 88.0 Å². The van der Waals surface area contributed by atoms with Gasteiger partial charge in [-0.1, -0.05) is 140 Å². The van der Waals surface area contributed by atoms with Gasteiger partial charge in [-0.3, -0.25) is 0 Å². The fourth-order valence-corrected chi connectivity index (χ4v) is 7.83. The summed E-state index contributed by atoms with van der Waals surface area (Å²) >= 11 is 0. The average molecular weight is 637 g/mol. The third-order valence-corrected chi connectivity index (χ3v) is 10.1. The first-order chi connectivity index (χ1) is 24.8. The SMILES string of the molecule is c1ccc(-c2cc(-c3ccccc3)cc(-n3c4ccc(-c5ccccc5)cc4c4c3ccc3c5ccccc5n(-c5ccccc5)c34)c2)cc1. The third kappa shape index (κ3) is 4.50. The quantitative estimate of drug-likeness (QED) is 0.178. The lowest BCUT2D eigenvalue weighted by molar-refractivity contribution is 1.17. The number of para-hydroxylation sites is 2. The van der Waals surface area contributed by atoms with E-state index >= 15 is 0 Å². The Hall–Kier alpha value is -6.64. The number of hydrogen-bond donors (Lipinski definition) is 0. The van der Waals surface area contributed by atoms with Crippen LogP contribution in [0.3, 0.4) is 0 Å². The Morgan fingerprint density at radius 3 is 1.42 bits per heavy atom. The van der Waals surface area contributed by atoms with Gasteiger partial charge in [-0.25, -0.2) is 0 Å². The van der Waals surface area contributed by atoms with E-state index in [4.69, 9.17) is 0 Å². The molecular formula is C48H32N2. The topological polar surface area (TPSA) is 9.86 Å². The first kappa shape index (κ1) is 28.4. The Morgan fingerprint density at radius 1 is 0.260 bits per heavy atom. The zero-order valence-corrected chi connectivity index (χ0v) is 27.4. The van der Waals surface area contributed by atoms with Crippen LogP contribution in [0.4, 0.5) is 0 Å². The van der Waals surface area contributed by atoms with Gasteiger partial charge in [-0.15, -0.1) is 0 Å². The molecule has 0 saturated heterocycles. The Morgan fingerprint density at radius 2 is 0.780 bits per heavy atom. The molecule has 2 heteroatoms. The standard InChI is InChI=1S/C48H32N2/c1-5-15-33(16-6-1)36-25-27-45-43(32-36)47-46(28-26-42-41-23-13-14-24-44(41)50(48(42)47)39-21-11-4-12-22-39)49(45)40-30-37(34-17-7-2-8-18-34)29-38(31-40)35-19-9-3-10-20-35/h1-32H. The van der Waals surface area contributed by atoms with Crippen molar-refractivity contribution in [2.45, 2.75) is 0 Å². The minimum absolute atomic E-state index is 1.14. The molecule has 10 aromatic rings. The fraction of sp³-hybridized carbons (Fsp3) is 0. The normalized spacial score (nSPS) is 11.6. The van der Waals surface area contributed by atoms with E-state index in [1.807, 2.05) is 0 Å². The second-order valence-corrected chi connectivity index (χ2v) is 13.0. The highest BCUT2D eigenvalue weighted by Gasteiger charge is 2.22. The van der Waals surface area contributed by atoms with E-state index in [9.17, 15) is 0 Å². The van der Waals surface area contributed by atoms with Gasteiger partial charge in [0, 0.05) is 32.9 Å². The van der Waals surface area contributed by atoms with E-state index in [-0.39, 0.29) is 0 Å². The van der Waals surface area contributed by atoms with Gasteiger partial charge in [0.15, 0.2) is 0 Å². The lowest BCUT2D eigenvalue weighted by Gasteiger charge is -2.14. The second kappa shape index (κ2) is 11.5. The van der Waals surface area contributed by atoms with Gasteiger partial charge in [-0.2, -0.15) is 0 Å². The van der Waals surface area contributed by atoms with E-state index in [0.717, 1.165) is 11.4 Å². The molecule has 2 heterocycles. The Kier molecular flexibility index (Phi) is 6.53. The van der Waals surface area contributed by atoms with E-state index in [1.54, 1.807) is 0 Å². The van der Waals surface area contributed by atoms with Crippen molar-refractivity contribution in [1.29, 1.82) is 0 Å². The van der Waals surface area contributed by atoms with Gasteiger partial charge in [0.25, 0.3) is 0 Å². The molecule has 0 amide bonds. The number of rotatable bonds is 5. The lowest BCUT2D eigenvalue weighted by Crippen LogP contribution is -1.96. The first-order valence-electron chi connectivity index (χ1n) is 17.2. The van der Waals surface area contributed by atoms with E-state index in [2.05, 4.69) is 203 Å². The molecule has 0 bridgehead atoms. The van der Waals surface area contributed by atoms with Crippen molar-refractivity contribution < 1.29 is 0 Å². The highest BCUT2D eigenvalue weighted by molar-refractivity contribution is 6.26. The summed E-state index contributed by atoms with van der Waals surface area (Å²) in [6.45, 7) is 0. The van der Waals surface area contributed by atoms with E-state index in [0.29, 0.717) is 0 Å². The van der Waals surface area contributed by atoms with Crippen molar-refractivity contribution in [2.24, 2.45) is 0 Å². The highest BCUT2D eigenvalue weighted by Crippen LogP contribution is 2.44. The third-order valence-electron chi connectivity index (χ3n) is 10.1. The Labute approximate surface area is 290 Å². The summed E-state index contributed by atoms with van der Waals surface area (Å²) in [6, 6.07) is 70.4. The largest absolute Gasteiger partial charge is 0.309 e. The molecule has 234 valence electrons. The molecule has 0 saturated carbocycles. The zero-order valence-electron chi connectivity index (χ0n) is 27.4. The molecule has 2 nitrogen and oxygen atoms in total. The first-order valence-corrected chi connectivity index (χ1v) is 17.2. The molecule has 2 aromatic heterocycles. The molecule has 50 heavy (non-hydrogen) atoms. The van der Waals surface area contributed by atoms with Crippen LogP contribution in [0.5, 0.6) is 0 Å². The molecule has 0 aliphatic rings. The van der Waals surface area contributed by atoms with Crippen LogP contribution in [0, 0.1) is 0 Å². The molecular weight excluding hydrogens is 605 g/mol. The van der Waals surface area contributed by atoms with Crippen molar-refractivity contribution in [2.75, 3.05) is 0 Å². The predicted octanol–water partition coefficient (Wildman–Crippen LogP) is 12.9. The summed E-state index contributed by atoms with van der Waals surface area (Å²) in [5.74, 6) is 0. The predicted molar refractivity (Wildman–Crippen MR) is 211 cm³/mol. The minimum Gasteiger partial charge on any atom is -0.309 e. The Balaban J connectivity index is 1.37. The van der Waals surface area contributed by atoms with Crippen LogP contribution in [0.15, 0.2) is 194 Å². The highest BCUT2D eigenvalue weighted by atomic mass is 15.0.